The number of methoxy groups -OCH3 is 1. The van der Waals surface area contributed by atoms with Crippen LogP contribution < -0.4 is 4.74 Å². The SMILES string of the molecule is COc1cc2nc3cc(S(=O)(=O)N(C)C)ccc3n2[nH]1. The highest BCUT2D eigenvalue weighted by molar-refractivity contribution is 7.89. The van der Waals surface area contributed by atoms with E-state index < -0.39 is 10.0 Å². The highest BCUT2D eigenvalue weighted by atomic mass is 32.2. The first-order chi connectivity index (χ1) is 9.43. The van der Waals surface area contributed by atoms with Gasteiger partial charge in [0, 0.05) is 20.2 Å². The molecule has 0 fully saturated rings. The number of benzene rings is 1. The fourth-order valence-electron chi connectivity index (χ4n) is 2.03. The van der Waals surface area contributed by atoms with E-state index in [-0.39, 0.29) is 4.90 Å². The predicted octanol–water partition coefficient (Wildman–Crippen LogP) is 1.07. The summed E-state index contributed by atoms with van der Waals surface area (Å²) in [6, 6.07) is 6.61. The third-order valence-corrected chi connectivity index (χ3v) is 4.94. The lowest BCUT2D eigenvalue weighted by Gasteiger charge is -2.10. The summed E-state index contributed by atoms with van der Waals surface area (Å²) in [5.41, 5.74) is 2.08. The molecule has 0 spiro atoms. The highest BCUT2D eigenvalue weighted by Gasteiger charge is 2.19. The molecule has 2 heterocycles. The van der Waals surface area contributed by atoms with Gasteiger partial charge in [-0.05, 0) is 18.2 Å². The van der Waals surface area contributed by atoms with Crippen molar-refractivity contribution in [1.29, 1.82) is 0 Å². The average molecular weight is 294 g/mol. The molecule has 0 aliphatic heterocycles. The van der Waals surface area contributed by atoms with Crippen molar-refractivity contribution in [3.05, 3.63) is 24.3 Å². The average Bonchev–Trinajstić information content (AvgIpc) is 2.94. The van der Waals surface area contributed by atoms with Gasteiger partial charge in [-0.1, -0.05) is 0 Å². The molecule has 8 heteroatoms. The minimum absolute atomic E-state index is 0.225. The summed E-state index contributed by atoms with van der Waals surface area (Å²) < 4.78 is 32.2. The van der Waals surface area contributed by atoms with Crippen molar-refractivity contribution in [2.24, 2.45) is 0 Å². The van der Waals surface area contributed by atoms with Gasteiger partial charge in [0.15, 0.2) is 5.65 Å². The molecule has 0 saturated heterocycles. The molecule has 0 atom stereocenters. The number of imidazole rings is 1. The number of hydrogen-bond acceptors (Lipinski definition) is 4. The molecule has 20 heavy (non-hydrogen) atoms. The van der Waals surface area contributed by atoms with Crippen molar-refractivity contribution in [2.45, 2.75) is 4.90 Å². The van der Waals surface area contributed by atoms with E-state index >= 15 is 0 Å². The summed E-state index contributed by atoms with van der Waals surface area (Å²) in [6.45, 7) is 0. The molecule has 0 saturated carbocycles. The van der Waals surface area contributed by atoms with Crippen LogP contribution in [0.4, 0.5) is 0 Å². The molecule has 0 aliphatic rings. The standard InChI is InChI=1S/C12H14N4O3S/c1-15(2)20(17,18)8-4-5-10-9(6-8)13-11-7-12(19-3)14-16(10)11/h4-7,14H,1-3H3. The van der Waals surface area contributed by atoms with E-state index in [2.05, 4.69) is 10.1 Å². The Morgan fingerprint density at radius 3 is 2.70 bits per heavy atom. The van der Waals surface area contributed by atoms with Crippen molar-refractivity contribution in [3.8, 4) is 5.88 Å². The molecule has 0 aliphatic carbocycles. The topological polar surface area (TPSA) is 79.7 Å². The molecule has 3 rings (SSSR count). The van der Waals surface area contributed by atoms with E-state index in [0.29, 0.717) is 17.0 Å². The summed E-state index contributed by atoms with van der Waals surface area (Å²) in [5, 5.41) is 3.02. The third kappa shape index (κ3) is 1.76. The van der Waals surface area contributed by atoms with E-state index in [0.717, 1.165) is 5.52 Å². The van der Waals surface area contributed by atoms with Crippen LogP contribution in [0.3, 0.4) is 0 Å². The van der Waals surface area contributed by atoms with Gasteiger partial charge in [0.25, 0.3) is 0 Å². The Morgan fingerprint density at radius 1 is 1.30 bits per heavy atom. The van der Waals surface area contributed by atoms with Gasteiger partial charge in [0.05, 0.1) is 23.0 Å². The van der Waals surface area contributed by atoms with E-state index in [1.807, 2.05) is 0 Å². The summed E-state index contributed by atoms with van der Waals surface area (Å²) in [4.78, 5) is 4.61. The maximum atomic E-state index is 12.1. The minimum Gasteiger partial charge on any atom is -0.481 e. The Morgan fingerprint density at radius 2 is 2.05 bits per heavy atom. The number of rotatable bonds is 3. The number of hydrogen-bond donors (Lipinski definition) is 1. The van der Waals surface area contributed by atoms with E-state index in [9.17, 15) is 8.42 Å². The lowest BCUT2D eigenvalue weighted by atomic mass is 10.3. The largest absolute Gasteiger partial charge is 0.481 e. The first-order valence-electron chi connectivity index (χ1n) is 5.91. The van der Waals surface area contributed by atoms with Crippen molar-refractivity contribution in [2.75, 3.05) is 21.2 Å². The quantitative estimate of drug-likeness (QED) is 0.783. The van der Waals surface area contributed by atoms with E-state index in [4.69, 9.17) is 4.74 Å². The van der Waals surface area contributed by atoms with Crippen LogP contribution >= 0.6 is 0 Å². The second-order valence-electron chi connectivity index (χ2n) is 4.57. The second-order valence-corrected chi connectivity index (χ2v) is 6.72. The summed E-state index contributed by atoms with van der Waals surface area (Å²) in [7, 11) is 1.12. The van der Waals surface area contributed by atoms with Crippen LogP contribution in [0.5, 0.6) is 5.88 Å². The van der Waals surface area contributed by atoms with Gasteiger partial charge in [-0.15, -0.1) is 0 Å². The molecule has 0 unspecified atom stereocenters. The first kappa shape index (κ1) is 12.9. The van der Waals surface area contributed by atoms with Crippen molar-refractivity contribution < 1.29 is 13.2 Å². The highest BCUT2D eigenvalue weighted by Crippen LogP contribution is 2.23. The Bertz CT molecular complexity index is 892. The zero-order valence-electron chi connectivity index (χ0n) is 11.3. The zero-order valence-corrected chi connectivity index (χ0v) is 12.1. The summed E-state index contributed by atoms with van der Waals surface area (Å²) in [6.07, 6.45) is 0. The van der Waals surface area contributed by atoms with Crippen molar-refractivity contribution in [1.82, 2.24) is 18.9 Å². The van der Waals surface area contributed by atoms with Crippen LogP contribution in [0.15, 0.2) is 29.2 Å². The predicted molar refractivity (Wildman–Crippen MR) is 74.5 cm³/mol. The van der Waals surface area contributed by atoms with Crippen LogP contribution in [0, 0.1) is 0 Å². The fraction of sp³-hybridized carbons (Fsp3) is 0.250. The Kier molecular flexibility index (Phi) is 2.73. The van der Waals surface area contributed by atoms with Gasteiger partial charge in [-0.3, -0.25) is 5.10 Å². The number of nitrogens with zero attached hydrogens (tertiary/aromatic N) is 3. The minimum atomic E-state index is -3.45. The summed E-state index contributed by atoms with van der Waals surface area (Å²) >= 11 is 0. The molecular formula is C12H14N4O3S. The molecule has 0 bridgehead atoms. The Balaban J connectivity index is 2.23. The van der Waals surface area contributed by atoms with Gasteiger partial charge < -0.3 is 4.74 Å². The molecule has 0 amide bonds. The van der Waals surface area contributed by atoms with Crippen molar-refractivity contribution in [3.63, 3.8) is 0 Å². The third-order valence-electron chi connectivity index (χ3n) is 3.13. The number of fused-ring (bicyclic) bond motifs is 3. The van der Waals surface area contributed by atoms with Gasteiger partial charge in [0.2, 0.25) is 15.9 Å². The second kappa shape index (κ2) is 4.22. The van der Waals surface area contributed by atoms with Crippen LogP contribution in [-0.2, 0) is 10.0 Å². The maximum Gasteiger partial charge on any atom is 0.242 e. The van der Waals surface area contributed by atoms with E-state index in [1.165, 1.54) is 18.4 Å². The van der Waals surface area contributed by atoms with Gasteiger partial charge in [-0.25, -0.2) is 22.2 Å². The van der Waals surface area contributed by atoms with Gasteiger partial charge in [0.1, 0.15) is 0 Å². The zero-order chi connectivity index (χ0) is 14.5. The van der Waals surface area contributed by atoms with Gasteiger partial charge in [-0.2, -0.15) is 0 Å². The van der Waals surface area contributed by atoms with Gasteiger partial charge >= 0.3 is 0 Å². The number of ether oxygens (including phenoxy) is 1. The molecule has 2 aromatic heterocycles. The fourth-order valence-corrected chi connectivity index (χ4v) is 2.95. The molecule has 1 aromatic carbocycles. The van der Waals surface area contributed by atoms with Crippen LogP contribution in [0.1, 0.15) is 0 Å². The molecule has 106 valence electrons. The van der Waals surface area contributed by atoms with Crippen molar-refractivity contribution >= 4 is 26.7 Å². The van der Waals surface area contributed by atoms with Crippen LogP contribution in [0.2, 0.25) is 0 Å². The summed E-state index contributed by atoms with van der Waals surface area (Å²) in [5.74, 6) is 0.597. The molecule has 3 aromatic rings. The number of nitrogens with one attached hydrogen (secondary N) is 1. The number of H-pyrrole nitrogens is 1. The smallest absolute Gasteiger partial charge is 0.242 e. The maximum absolute atomic E-state index is 12.1. The molecule has 1 N–H and O–H groups in total. The van der Waals surface area contributed by atoms with E-state index in [1.54, 1.807) is 35.9 Å². The number of sulfonamides is 1. The first-order valence-corrected chi connectivity index (χ1v) is 7.35. The Hall–Kier alpha value is -2.06. The molecule has 7 nitrogen and oxygen atoms in total. The molecular weight excluding hydrogens is 280 g/mol. The van der Waals surface area contributed by atoms with Crippen LogP contribution in [0.25, 0.3) is 16.7 Å². The lowest BCUT2D eigenvalue weighted by Crippen LogP contribution is -2.22. The number of aromatic nitrogens is 3. The lowest BCUT2D eigenvalue weighted by molar-refractivity contribution is 0.395. The normalized spacial score (nSPS) is 12.6. The molecule has 0 radical (unpaired) electrons. The Labute approximate surface area is 115 Å². The van der Waals surface area contributed by atoms with Crippen LogP contribution in [-0.4, -0.2) is 48.5 Å². The monoisotopic (exact) mass is 294 g/mol. The number of aromatic amines is 1.